The van der Waals surface area contributed by atoms with Crippen LogP contribution < -0.4 is 5.32 Å². The van der Waals surface area contributed by atoms with E-state index < -0.39 is 5.54 Å². The van der Waals surface area contributed by atoms with Gasteiger partial charge in [0.05, 0.1) is 0 Å². The van der Waals surface area contributed by atoms with Gasteiger partial charge in [-0.1, -0.05) is 44.2 Å². The quantitative estimate of drug-likeness (QED) is 0.750. The molecule has 0 aromatic heterocycles. The predicted molar refractivity (Wildman–Crippen MR) is 91.1 cm³/mol. The van der Waals surface area contributed by atoms with Crippen molar-refractivity contribution in [3.8, 4) is 0 Å². The van der Waals surface area contributed by atoms with E-state index in [2.05, 4.69) is 24.1 Å². The largest absolute Gasteiger partial charge is 0.325 e. The number of nitrogens with one attached hydrogen (secondary N) is 1. The van der Waals surface area contributed by atoms with E-state index in [1.54, 1.807) is 6.92 Å². The Morgan fingerprint density at radius 1 is 1.04 bits per heavy atom. The van der Waals surface area contributed by atoms with Gasteiger partial charge in [0.1, 0.15) is 5.54 Å². The van der Waals surface area contributed by atoms with Crippen molar-refractivity contribution < 1.29 is 9.59 Å². The van der Waals surface area contributed by atoms with Crippen LogP contribution in [0.5, 0.6) is 0 Å². The SMILES string of the molecule is CCCN(CCC)CCN1C(=O)N[C@](C)(c2ccccc2)C1=O. The molecule has 0 spiro atoms. The number of carbonyl (C=O) groups excluding carboxylic acids is 2. The number of carbonyl (C=O) groups is 2. The summed E-state index contributed by atoms with van der Waals surface area (Å²) in [5.41, 5.74) is -0.140. The van der Waals surface area contributed by atoms with Crippen LogP contribution in [-0.2, 0) is 10.3 Å². The Kier molecular flexibility index (Phi) is 5.77. The second-order valence-electron chi connectivity index (χ2n) is 6.22. The maximum atomic E-state index is 12.8. The molecule has 1 fully saturated rings. The average Bonchev–Trinajstić information content (AvgIpc) is 2.77. The van der Waals surface area contributed by atoms with Gasteiger partial charge >= 0.3 is 6.03 Å². The lowest BCUT2D eigenvalue weighted by Gasteiger charge is -2.25. The number of hydrogen-bond donors (Lipinski definition) is 1. The average molecular weight is 317 g/mol. The number of amides is 3. The van der Waals surface area contributed by atoms with E-state index >= 15 is 0 Å². The molecule has 23 heavy (non-hydrogen) atoms. The van der Waals surface area contributed by atoms with Crippen LogP contribution in [0.1, 0.15) is 39.2 Å². The van der Waals surface area contributed by atoms with Crippen molar-refractivity contribution in [2.75, 3.05) is 26.2 Å². The molecule has 1 aromatic rings. The van der Waals surface area contributed by atoms with Crippen molar-refractivity contribution in [2.45, 2.75) is 39.2 Å². The van der Waals surface area contributed by atoms with Gasteiger partial charge in [0.25, 0.3) is 5.91 Å². The van der Waals surface area contributed by atoms with Gasteiger partial charge in [-0.05, 0) is 38.4 Å². The lowest BCUT2D eigenvalue weighted by Crippen LogP contribution is -2.42. The Morgan fingerprint density at radius 2 is 1.65 bits per heavy atom. The third-order valence-corrected chi connectivity index (χ3v) is 4.35. The van der Waals surface area contributed by atoms with E-state index in [0.29, 0.717) is 6.54 Å². The van der Waals surface area contributed by atoms with Crippen LogP contribution in [0.3, 0.4) is 0 Å². The predicted octanol–water partition coefficient (Wildman–Crippen LogP) is 2.58. The summed E-state index contributed by atoms with van der Waals surface area (Å²) in [6.07, 6.45) is 2.14. The highest BCUT2D eigenvalue weighted by atomic mass is 16.2. The zero-order chi connectivity index (χ0) is 16.9. The number of imide groups is 1. The Morgan fingerprint density at radius 3 is 2.22 bits per heavy atom. The molecular weight excluding hydrogens is 290 g/mol. The number of nitrogens with zero attached hydrogens (tertiary/aromatic N) is 2. The van der Waals surface area contributed by atoms with Crippen LogP contribution in [0, 0.1) is 0 Å². The Bertz CT molecular complexity index is 540. The van der Waals surface area contributed by atoms with Gasteiger partial charge in [-0.3, -0.25) is 9.69 Å². The molecule has 1 saturated heterocycles. The summed E-state index contributed by atoms with van der Waals surface area (Å²) in [5, 5.41) is 2.85. The van der Waals surface area contributed by atoms with E-state index in [-0.39, 0.29) is 11.9 Å². The fourth-order valence-electron chi connectivity index (χ4n) is 3.08. The maximum absolute atomic E-state index is 12.8. The highest BCUT2D eigenvalue weighted by molar-refractivity contribution is 6.07. The molecule has 5 heteroatoms. The van der Waals surface area contributed by atoms with Crippen LogP contribution in [0.4, 0.5) is 4.79 Å². The summed E-state index contributed by atoms with van der Waals surface area (Å²) in [6.45, 7) is 9.21. The molecule has 2 rings (SSSR count). The van der Waals surface area contributed by atoms with Gasteiger partial charge in [-0.2, -0.15) is 0 Å². The summed E-state index contributed by atoms with van der Waals surface area (Å²) >= 11 is 0. The number of benzene rings is 1. The first-order chi connectivity index (χ1) is 11.0. The van der Waals surface area contributed by atoms with Crippen molar-refractivity contribution >= 4 is 11.9 Å². The van der Waals surface area contributed by atoms with E-state index in [1.165, 1.54) is 4.90 Å². The van der Waals surface area contributed by atoms with Crippen LogP contribution in [-0.4, -0.2) is 47.9 Å². The van der Waals surface area contributed by atoms with Gasteiger partial charge in [-0.15, -0.1) is 0 Å². The van der Waals surface area contributed by atoms with Crippen LogP contribution in [0.2, 0.25) is 0 Å². The molecule has 0 radical (unpaired) electrons. The van der Waals surface area contributed by atoms with E-state index in [9.17, 15) is 9.59 Å². The second-order valence-corrected chi connectivity index (χ2v) is 6.22. The normalized spacial score (nSPS) is 21.1. The van der Waals surface area contributed by atoms with E-state index in [0.717, 1.165) is 38.0 Å². The summed E-state index contributed by atoms with van der Waals surface area (Å²) in [6, 6.07) is 9.12. The fourth-order valence-corrected chi connectivity index (χ4v) is 3.08. The molecule has 1 aliphatic heterocycles. The number of urea groups is 1. The minimum Gasteiger partial charge on any atom is -0.319 e. The first-order valence-corrected chi connectivity index (χ1v) is 8.45. The molecule has 0 saturated carbocycles. The summed E-state index contributed by atoms with van der Waals surface area (Å²) < 4.78 is 0. The fraction of sp³-hybridized carbons (Fsp3) is 0.556. The minimum atomic E-state index is -0.960. The summed E-state index contributed by atoms with van der Waals surface area (Å²) in [7, 11) is 0. The van der Waals surface area contributed by atoms with Crippen molar-refractivity contribution in [2.24, 2.45) is 0 Å². The van der Waals surface area contributed by atoms with Gasteiger partial charge in [0.15, 0.2) is 0 Å². The zero-order valence-corrected chi connectivity index (χ0v) is 14.3. The highest BCUT2D eigenvalue weighted by Crippen LogP contribution is 2.28. The molecule has 1 heterocycles. The molecule has 3 amide bonds. The zero-order valence-electron chi connectivity index (χ0n) is 14.3. The van der Waals surface area contributed by atoms with Crippen molar-refractivity contribution in [1.29, 1.82) is 0 Å². The van der Waals surface area contributed by atoms with Gasteiger partial charge in [-0.25, -0.2) is 4.79 Å². The smallest absolute Gasteiger partial charge is 0.319 e. The topological polar surface area (TPSA) is 52.6 Å². The Hall–Kier alpha value is -1.88. The minimum absolute atomic E-state index is 0.165. The third-order valence-electron chi connectivity index (χ3n) is 4.35. The third kappa shape index (κ3) is 3.72. The van der Waals surface area contributed by atoms with Crippen molar-refractivity contribution in [3.63, 3.8) is 0 Å². The highest BCUT2D eigenvalue weighted by Gasteiger charge is 2.48. The first-order valence-electron chi connectivity index (χ1n) is 8.45. The molecule has 0 aliphatic carbocycles. The maximum Gasteiger partial charge on any atom is 0.325 e. The standard InChI is InChI=1S/C18H27N3O2/c1-4-11-20(12-5-2)13-14-21-16(22)18(3,19-17(21)23)15-9-7-6-8-10-15/h6-10H,4-5,11-14H2,1-3H3,(H,19,23)/t18-/m1/s1. The molecule has 126 valence electrons. The van der Waals surface area contributed by atoms with Crippen molar-refractivity contribution in [1.82, 2.24) is 15.1 Å². The molecule has 0 unspecified atom stereocenters. The first kappa shape index (κ1) is 17.5. The van der Waals surface area contributed by atoms with Gasteiger partial charge in [0, 0.05) is 13.1 Å². The van der Waals surface area contributed by atoms with Crippen LogP contribution in [0.25, 0.3) is 0 Å². The van der Waals surface area contributed by atoms with Crippen molar-refractivity contribution in [3.05, 3.63) is 35.9 Å². The second kappa shape index (κ2) is 7.59. The molecule has 1 aromatic carbocycles. The van der Waals surface area contributed by atoms with Crippen LogP contribution in [0.15, 0.2) is 30.3 Å². The van der Waals surface area contributed by atoms with Gasteiger partial charge in [0.2, 0.25) is 0 Å². The monoisotopic (exact) mass is 317 g/mol. The van der Waals surface area contributed by atoms with Crippen LogP contribution >= 0.6 is 0 Å². The lowest BCUT2D eigenvalue weighted by molar-refractivity contribution is -0.131. The van der Waals surface area contributed by atoms with E-state index in [1.807, 2.05) is 30.3 Å². The summed E-state index contributed by atoms with van der Waals surface area (Å²) in [4.78, 5) is 28.7. The molecular formula is C18H27N3O2. The molecule has 1 atom stereocenters. The molecule has 5 nitrogen and oxygen atoms in total. The molecule has 1 aliphatic rings. The lowest BCUT2D eigenvalue weighted by atomic mass is 9.92. The van der Waals surface area contributed by atoms with Gasteiger partial charge < -0.3 is 10.2 Å². The number of rotatable bonds is 8. The van der Waals surface area contributed by atoms with E-state index in [4.69, 9.17) is 0 Å². The molecule has 0 bridgehead atoms. The Balaban J connectivity index is 2.07. The number of hydrogen-bond acceptors (Lipinski definition) is 3. The Labute approximate surface area is 138 Å². The summed E-state index contributed by atoms with van der Waals surface area (Å²) in [5.74, 6) is -0.165. The molecule has 1 N–H and O–H groups in total.